The van der Waals surface area contributed by atoms with Gasteiger partial charge in [-0.25, -0.2) is 0 Å². The third-order valence-corrected chi connectivity index (χ3v) is 4.12. The minimum absolute atomic E-state index is 0.0741. The Kier molecular flexibility index (Phi) is 3.42. The van der Waals surface area contributed by atoms with Crippen molar-refractivity contribution in [1.29, 1.82) is 5.41 Å². The van der Waals surface area contributed by atoms with Crippen molar-refractivity contribution < 1.29 is 4.79 Å². The van der Waals surface area contributed by atoms with Gasteiger partial charge in [-0.3, -0.25) is 15.1 Å². The van der Waals surface area contributed by atoms with Crippen LogP contribution >= 0.6 is 0 Å². The van der Waals surface area contributed by atoms with Crippen LogP contribution in [0.2, 0.25) is 0 Å². The standard InChI is InChI=1S/C16H21N3O/c1-10-7-5-6-8-12(10)11(2)19-14(18)13(9-17)16(3,4)15(19)20/h5-9,11,18H,17H2,1-4H3. The van der Waals surface area contributed by atoms with Gasteiger partial charge in [-0.1, -0.05) is 24.3 Å². The summed E-state index contributed by atoms with van der Waals surface area (Å²) in [4.78, 5) is 14.2. The van der Waals surface area contributed by atoms with Gasteiger partial charge >= 0.3 is 0 Å². The second kappa shape index (κ2) is 4.78. The number of likely N-dealkylation sites (tertiary alicyclic amines) is 1. The largest absolute Gasteiger partial charge is 0.404 e. The van der Waals surface area contributed by atoms with Crippen LogP contribution in [0.15, 0.2) is 36.0 Å². The molecule has 1 aromatic carbocycles. The topological polar surface area (TPSA) is 70.2 Å². The first-order chi connectivity index (χ1) is 9.32. The minimum Gasteiger partial charge on any atom is -0.404 e. The number of benzene rings is 1. The monoisotopic (exact) mass is 271 g/mol. The van der Waals surface area contributed by atoms with Crippen molar-refractivity contribution in [3.8, 4) is 0 Å². The number of hydrogen-bond acceptors (Lipinski definition) is 3. The highest BCUT2D eigenvalue weighted by Gasteiger charge is 2.48. The molecule has 1 unspecified atom stereocenters. The number of hydrogen-bond donors (Lipinski definition) is 2. The molecule has 0 saturated carbocycles. The Labute approximate surface area is 119 Å². The van der Waals surface area contributed by atoms with Gasteiger partial charge in [-0.05, 0) is 38.8 Å². The van der Waals surface area contributed by atoms with E-state index in [-0.39, 0.29) is 17.8 Å². The quantitative estimate of drug-likeness (QED) is 0.868. The summed E-state index contributed by atoms with van der Waals surface area (Å²) in [6, 6.07) is 7.76. The van der Waals surface area contributed by atoms with Crippen LogP contribution in [-0.4, -0.2) is 16.6 Å². The Morgan fingerprint density at radius 1 is 1.35 bits per heavy atom. The van der Waals surface area contributed by atoms with Crippen LogP contribution in [0, 0.1) is 17.7 Å². The summed E-state index contributed by atoms with van der Waals surface area (Å²) in [5.41, 5.74) is 7.63. The van der Waals surface area contributed by atoms with E-state index in [1.807, 2.05) is 52.0 Å². The van der Waals surface area contributed by atoms with Crippen LogP contribution in [0.5, 0.6) is 0 Å². The van der Waals surface area contributed by atoms with Crippen molar-refractivity contribution in [3.05, 3.63) is 47.2 Å². The first-order valence-electron chi connectivity index (χ1n) is 6.72. The van der Waals surface area contributed by atoms with Gasteiger partial charge in [-0.2, -0.15) is 0 Å². The number of nitrogens with two attached hydrogens (primary N) is 1. The van der Waals surface area contributed by atoms with E-state index in [2.05, 4.69) is 0 Å². The smallest absolute Gasteiger partial charge is 0.238 e. The molecular weight excluding hydrogens is 250 g/mol. The molecule has 3 N–H and O–H groups in total. The first kappa shape index (κ1) is 14.3. The van der Waals surface area contributed by atoms with Gasteiger partial charge < -0.3 is 5.73 Å². The second-order valence-corrected chi connectivity index (χ2v) is 5.76. The van der Waals surface area contributed by atoms with Crippen molar-refractivity contribution in [2.75, 3.05) is 0 Å². The van der Waals surface area contributed by atoms with Gasteiger partial charge in [0.25, 0.3) is 0 Å². The number of nitrogens with one attached hydrogen (secondary N) is 1. The zero-order valence-corrected chi connectivity index (χ0v) is 12.4. The fraction of sp³-hybridized carbons (Fsp3) is 0.375. The molecular formula is C16H21N3O. The highest BCUT2D eigenvalue weighted by atomic mass is 16.2. The Bertz CT molecular complexity index is 601. The molecule has 0 bridgehead atoms. The van der Waals surface area contributed by atoms with Crippen LogP contribution in [0.4, 0.5) is 0 Å². The zero-order chi connectivity index (χ0) is 15.1. The van der Waals surface area contributed by atoms with E-state index in [1.54, 1.807) is 4.90 Å². The van der Waals surface area contributed by atoms with E-state index < -0.39 is 5.41 Å². The van der Waals surface area contributed by atoms with E-state index in [4.69, 9.17) is 11.1 Å². The molecule has 4 heteroatoms. The summed E-state index contributed by atoms with van der Waals surface area (Å²) < 4.78 is 0. The lowest BCUT2D eigenvalue weighted by atomic mass is 9.87. The molecule has 0 spiro atoms. The van der Waals surface area contributed by atoms with Crippen molar-refractivity contribution in [2.24, 2.45) is 11.1 Å². The summed E-state index contributed by atoms with van der Waals surface area (Å²) >= 11 is 0. The molecule has 0 aliphatic carbocycles. The van der Waals surface area contributed by atoms with Gasteiger partial charge in [-0.15, -0.1) is 0 Å². The van der Waals surface area contributed by atoms with Gasteiger partial charge in [0.1, 0.15) is 5.84 Å². The number of carbonyl (C=O) groups excluding carboxylic acids is 1. The van der Waals surface area contributed by atoms with Gasteiger partial charge in [0, 0.05) is 11.8 Å². The lowest BCUT2D eigenvalue weighted by molar-refractivity contribution is -0.133. The maximum atomic E-state index is 12.6. The summed E-state index contributed by atoms with van der Waals surface area (Å²) in [7, 11) is 0. The van der Waals surface area contributed by atoms with Crippen molar-refractivity contribution in [1.82, 2.24) is 4.90 Å². The number of amides is 1. The molecule has 1 atom stereocenters. The lowest BCUT2D eigenvalue weighted by Crippen LogP contribution is -2.35. The molecule has 1 aliphatic heterocycles. The third-order valence-electron chi connectivity index (χ3n) is 4.12. The summed E-state index contributed by atoms with van der Waals surface area (Å²) in [6.45, 7) is 7.59. The first-order valence-corrected chi connectivity index (χ1v) is 6.72. The third kappa shape index (κ3) is 1.92. The SMILES string of the molecule is Cc1ccccc1C(C)N1C(=N)C(=CN)C(C)(C)C1=O. The Morgan fingerprint density at radius 3 is 2.45 bits per heavy atom. The normalized spacial score (nSPS) is 21.6. The van der Waals surface area contributed by atoms with E-state index in [1.165, 1.54) is 6.20 Å². The molecule has 0 radical (unpaired) electrons. The molecule has 106 valence electrons. The molecule has 20 heavy (non-hydrogen) atoms. The van der Waals surface area contributed by atoms with Crippen LogP contribution in [-0.2, 0) is 4.79 Å². The predicted octanol–water partition coefficient (Wildman–Crippen LogP) is 2.74. The van der Waals surface area contributed by atoms with Crippen LogP contribution in [0.25, 0.3) is 0 Å². The van der Waals surface area contributed by atoms with E-state index in [9.17, 15) is 4.79 Å². The predicted molar refractivity (Wildman–Crippen MR) is 80.2 cm³/mol. The van der Waals surface area contributed by atoms with Gasteiger partial charge in [0.15, 0.2) is 0 Å². The van der Waals surface area contributed by atoms with Gasteiger partial charge in [0.05, 0.1) is 11.5 Å². The highest BCUT2D eigenvalue weighted by Crippen LogP contribution is 2.41. The Hall–Kier alpha value is -2.10. The van der Waals surface area contributed by atoms with E-state index >= 15 is 0 Å². The maximum absolute atomic E-state index is 12.6. The fourth-order valence-corrected chi connectivity index (χ4v) is 2.80. The minimum atomic E-state index is -0.733. The van der Waals surface area contributed by atoms with Crippen LogP contribution < -0.4 is 5.73 Å². The van der Waals surface area contributed by atoms with Crippen molar-refractivity contribution in [3.63, 3.8) is 0 Å². The number of rotatable bonds is 2. The highest BCUT2D eigenvalue weighted by molar-refractivity contribution is 6.18. The van der Waals surface area contributed by atoms with Crippen LogP contribution in [0.1, 0.15) is 37.9 Å². The number of nitrogens with zero attached hydrogens (tertiary/aromatic N) is 1. The van der Waals surface area contributed by atoms with Crippen molar-refractivity contribution in [2.45, 2.75) is 33.7 Å². The zero-order valence-electron chi connectivity index (χ0n) is 12.4. The van der Waals surface area contributed by atoms with Crippen molar-refractivity contribution >= 4 is 11.7 Å². The van der Waals surface area contributed by atoms with Crippen LogP contribution in [0.3, 0.4) is 0 Å². The fourth-order valence-electron chi connectivity index (χ4n) is 2.80. The van der Waals surface area contributed by atoms with E-state index in [0.717, 1.165) is 11.1 Å². The Morgan fingerprint density at radius 2 is 1.95 bits per heavy atom. The molecule has 1 aromatic rings. The lowest BCUT2D eigenvalue weighted by Gasteiger charge is -2.26. The average Bonchev–Trinajstić information content (AvgIpc) is 2.56. The summed E-state index contributed by atoms with van der Waals surface area (Å²) in [5, 5.41) is 8.26. The van der Waals surface area contributed by atoms with E-state index in [0.29, 0.717) is 5.57 Å². The molecule has 2 rings (SSSR count). The number of aryl methyl sites for hydroxylation is 1. The maximum Gasteiger partial charge on any atom is 0.238 e. The summed E-state index contributed by atoms with van der Waals surface area (Å²) in [6.07, 6.45) is 1.38. The molecule has 1 saturated heterocycles. The molecule has 1 aliphatic rings. The molecule has 1 fully saturated rings. The molecule has 1 amide bonds. The Balaban J connectivity index is 2.47. The van der Waals surface area contributed by atoms with Gasteiger partial charge in [0.2, 0.25) is 5.91 Å². The second-order valence-electron chi connectivity index (χ2n) is 5.76. The number of amidine groups is 1. The average molecular weight is 271 g/mol. The molecule has 4 nitrogen and oxygen atoms in total. The summed E-state index contributed by atoms with van der Waals surface area (Å²) in [5.74, 6) is 0.133. The number of carbonyl (C=O) groups is 1. The molecule has 0 aromatic heterocycles. The molecule has 1 heterocycles.